The zero-order chi connectivity index (χ0) is 12.8. The van der Waals surface area contributed by atoms with Gasteiger partial charge in [-0.3, -0.25) is 9.69 Å². The zero-order valence-electron chi connectivity index (χ0n) is 11.4. The third kappa shape index (κ3) is 3.97. The number of carbonyl (C=O) groups excluding carboxylic acids is 1. The molecule has 0 aliphatic heterocycles. The summed E-state index contributed by atoms with van der Waals surface area (Å²) in [6.07, 6.45) is 1.09. The van der Waals surface area contributed by atoms with Crippen molar-refractivity contribution >= 4 is 5.78 Å². The van der Waals surface area contributed by atoms with Gasteiger partial charge in [0.25, 0.3) is 0 Å². The number of hydrogen-bond acceptors (Lipinski definition) is 2. The molecule has 0 unspecified atom stereocenters. The van der Waals surface area contributed by atoms with E-state index < -0.39 is 0 Å². The van der Waals surface area contributed by atoms with E-state index in [9.17, 15) is 4.79 Å². The fourth-order valence-corrected chi connectivity index (χ4v) is 1.99. The third-order valence-corrected chi connectivity index (χ3v) is 3.05. The van der Waals surface area contributed by atoms with Crippen molar-refractivity contribution in [2.75, 3.05) is 19.6 Å². The highest BCUT2D eigenvalue weighted by molar-refractivity contribution is 5.99. The number of aryl methyl sites for hydroxylation is 2. The van der Waals surface area contributed by atoms with E-state index in [2.05, 4.69) is 24.8 Å². The van der Waals surface area contributed by atoms with Crippen molar-refractivity contribution in [1.29, 1.82) is 0 Å². The molecule has 0 bridgehead atoms. The van der Waals surface area contributed by atoms with Gasteiger partial charge in [-0.05, 0) is 45.0 Å². The summed E-state index contributed by atoms with van der Waals surface area (Å²) >= 11 is 0. The highest BCUT2D eigenvalue weighted by Crippen LogP contribution is 2.12. The summed E-state index contributed by atoms with van der Waals surface area (Å²) in [6.45, 7) is 10.7. The molecule has 0 aliphatic carbocycles. The van der Waals surface area contributed by atoms with Crippen LogP contribution in [0.4, 0.5) is 0 Å². The van der Waals surface area contributed by atoms with Crippen LogP contribution in [0.25, 0.3) is 0 Å². The van der Waals surface area contributed by atoms with E-state index in [1.165, 1.54) is 0 Å². The molecule has 1 rings (SSSR count). The largest absolute Gasteiger partial charge is 0.296 e. The standard InChI is InChI=1S/C15H23NO/c1-5-9-16(6-2)11-15(17)14-10-12(3)7-8-13(14)4/h7-8,10H,5-6,9,11H2,1-4H3. The van der Waals surface area contributed by atoms with Crippen molar-refractivity contribution in [2.45, 2.75) is 34.1 Å². The minimum Gasteiger partial charge on any atom is -0.296 e. The maximum atomic E-state index is 12.2. The molecule has 1 aromatic carbocycles. The first kappa shape index (κ1) is 13.9. The van der Waals surface area contributed by atoms with Gasteiger partial charge in [0.1, 0.15) is 0 Å². The summed E-state index contributed by atoms with van der Waals surface area (Å²) in [6, 6.07) is 6.08. The molecule has 1 aromatic rings. The summed E-state index contributed by atoms with van der Waals surface area (Å²) in [5.41, 5.74) is 3.10. The Kier molecular flexibility index (Phi) is 5.36. The van der Waals surface area contributed by atoms with Crippen LogP contribution in [0, 0.1) is 13.8 Å². The van der Waals surface area contributed by atoms with Crippen molar-refractivity contribution in [3.05, 3.63) is 34.9 Å². The Morgan fingerprint density at radius 3 is 2.53 bits per heavy atom. The molecule has 0 radical (unpaired) electrons. The molecule has 2 nitrogen and oxygen atoms in total. The molecule has 0 N–H and O–H groups in total. The van der Waals surface area contributed by atoms with Crippen molar-refractivity contribution < 1.29 is 4.79 Å². The highest BCUT2D eigenvalue weighted by atomic mass is 16.1. The van der Waals surface area contributed by atoms with Crippen LogP contribution in [-0.4, -0.2) is 30.3 Å². The van der Waals surface area contributed by atoms with Crippen LogP contribution >= 0.6 is 0 Å². The monoisotopic (exact) mass is 233 g/mol. The maximum Gasteiger partial charge on any atom is 0.177 e. The molecule has 0 saturated heterocycles. The minimum absolute atomic E-state index is 0.238. The van der Waals surface area contributed by atoms with Gasteiger partial charge in [0.15, 0.2) is 5.78 Å². The first-order chi connectivity index (χ1) is 8.08. The van der Waals surface area contributed by atoms with Crippen LogP contribution < -0.4 is 0 Å². The van der Waals surface area contributed by atoms with Crippen LogP contribution in [0.5, 0.6) is 0 Å². The van der Waals surface area contributed by atoms with Crippen molar-refractivity contribution in [2.24, 2.45) is 0 Å². The fourth-order valence-electron chi connectivity index (χ4n) is 1.99. The Morgan fingerprint density at radius 2 is 1.94 bits per heavy atom. The molecule has 0 saturated carbocycles. The van der Waals surface area contributed by atoms with Gasteiger partial charge in [-0.2, -0.15) is 0 Å². The second-order valence-electron chi connectivity index (χ2n) is 4.61. The zero-order valence-corrected chi connectivity index (χ0v) is 11.4. The smallest absolute Gasteiger partial charge is 0.177 e. The van der Waals surface area contributed by atoms with Gasteiger partial charge in [-0.25, -0.2) is 0 Å². The number of nitrogens with zero attached hydrogens (tertiary/aromatic N) is 1. The summed E-state index contributed by atoms with van der Waals surface area (Å²) in [4.78, 5) is 14.4. The van der Waals surface area contributed by atoms with E-state index >= 15 is 0 Å². The number of carbonyl (C=O) groups is 1. The first-order valence-electron chi connectivity index (χ1n) is 6.41. The van der Waals surface area contributed by atoms with Crippen LogP contribution in [-0.2, 0) is 0 Å². The molecule has 2 heteroatoms. The molecule has 0 fully saturated rings. The number of benzene rings is 1. The normalized spacial score (nSPS) is 10.9. The Hall–Kier alpha value is -1.15. The van der Waals surface area contributed by atoms with Crippen molar-refractivity contribution in [1.82, 2.24) is 4.90 Å². The quantitative estimate of drug-likeness (QED) is 0.703. The lowest BCUT2D eigenvalue weighted by atomic mass is 10.0. The molecule has 0 aromatic heterocycles. The third-order valence-electron chi connectivity index (χ3n) is 3.05. The Labute approximate surface area is 105 Å². The van der Waals surface area contributed by atoms with Gasteiger partial charge in [-0.1, -0.05) is 31.5 Å². The van der Waals surface area contributed by atoms with Crippen LogP contribution in [0.1, 0.15) is 41.8 Å². The Balaban J connectivity index is 2.78. The van der Waals surface area contributed by atoms with E-state index in [1.807, 2.05) is 26.0 Å². The second kappa shape index (κ2) is 6.55. The van der Waals surface area contributed by atoms with E-state index in [-0.39, 0.29) is 5.78 Å². The van der Waals surface area contributed by atoms with E-state index in [1.54, 1.807) is 0 Å². The molecule has 0 atom stereocenters. The predicted molar refractivity (Wildman–Crippen MR) is 72.7 cm³/mol. The second-order valence-corrected chi connectivity index (χ2v) is 4.61. The summed E-state index contributed by atoms with van der Waals surface area (Å²) < 4.78 is 0. The molecule has 17 heavy (non-hydrogen) atoms. The number of rotatable bonds is 6. The van der Waals surface area contributed by atoms with Gasteiger partial charge < -0.3 is 0 Å². The average Bonchev–Trinajstić information content (AvgIpc) is 2.31. The molecule has 94 valence electrons. The van der Waals surface area contributed by atoms with Crippen LogP contribution in [0.2, 0.25) is 0 Å². The van der Waals surface area contributed by atoms with Gasteiger partial charge in [0.05, 0.1) is 6.54 Å². The van der Waals surface area contributed by atoms with E-state index in [0.717, 1.165) is 36.2 Å². The van der Waals surface area contributed by atoms with Crippen LogP contribution in [0.15, 0.2) is 18.2 Å². The summed E-state index contributed by atoms with van der Waals surface area (Å²) in [5, 5.41) is 0. The summed E-state index contributed by atoms with van der Waals surface area (Å²) in [7, 11) is 0. The summed E-state index contributed by atoms with van der Waals surface area (Å²) in [5.74, 6) is 0.238. The molecular formula is C15H23NO. The van der Waals surface area contributed by atoms with Gasteiger partial charge in [-0.15, -0.1) is 0 Å². The lowest BCUT2D eigenvalue weighted by molar-refractivity contribution is 0.0933. The number of ketones is 1. The predicted octanol–water partition coefficient (Wildman–Crippen LogP) is 3.22. The van der Waals surface area contributed by atoms with Crippen molar-refractivity contribution in [3.63, 3.8) is 0 Å². The molecule has 0 aliphatic rings. The lowest BCUT2D eigenvalue weighted by Crippen LogP contribution is -2.30. The van der Waals surface area contributed by atoms with Crippen LogP contribution in [0.3, 0.4) is 0 Å². The molecular weight excluding hydrogens is 210 g/mol. The topological polar surface area (TPSA) is 20.3 Å². The average molecular weight is 233 g/mol. The number of Topliss-reactive ketones (excluding diaryl/α,β-unsaturated/α-hetero) is 1. The first-order valence-corrected chi connectivity index (χ1v) is 6.41. The molecule has 0 amide bonds. The fraction of sp³-hybridized carbons (Fsp3) is 0.533. The maximum absolute atomic E-state index is 12.2. The van der Waals surface area contributed by atoms with Gasteiger partial charge >= 0.3 is 0 Å². The number of hydrogen-bond donors (Lipinski definition) is 0. The Bertz CT molecular complexity index is 385. The lowest BCUT2D eigenvalue weighted by Gasteiger charge is -2.19. The molecule has 0 heterocycles. The SMILES string of the molecule is CCCN(CC)CC(=O)c1cc(C)ccc1C. The van der Waals surface area contributed by atoms with Gasteiger partial charge in [0, 0.05) is 5.56 Å². The number of likely N-dealkylation sites (N-methyl/N-ethyl adjacent to an activating group) is 1. The minimum atomic E-state index is 0.238. The van der Waals surface area contributed by atoms with Gasteiger partial charge in [0.2, 0.25) is 0 Å². The van der Waals surface area contributed by atoms with E-state index in [4.69, 9.17) is 0 Å². The van der Waals surface area contributed by atoms with E-state index in [0.29, 0.717) is 6.54 Å². The Morgan fingerprint density at radius 1 is 1.24 bits per heavy atom. The molecule has 0 spiro atoms. The van der Waals surface area contributed by atoms with Crippen molar-refractivity contribution in [3.8, 4) is 0 Å². The highest BCUT2D eigenvalue weighted by Gasteiger charge is 2.12.